The Morgan fingerprint density at radius 1 is 0.788 bits per heavy atom. The van der Waals surface area contributed by atoms with Crippen LogP contribution in [0.5, 0.6) is 0 Å². The second-order valence-electron chi connectivity index (χ2n) is 6.90. The molecule has 168 valence electrons. The zero-order chi connectivity index (χ0) is 24.4. The van der Waals surface area contributed by atoms with E-state index in [0.29, 0.717) is 11.1 Å². The van der Waals surface area contributed by atoms with Gasteiger partial charge in [0.2, 0.25) is 0 Å². The highest BCUT2D eigenvalue weighted by Gasteiger charge is 2.46. The minimum Gasteiger partial charge on any atom is -0.432 e. The fraction of sp³-hybridized carbons (Fsp3) is 0.200. The Balaban J connectivity index is 2.24. The number of carbonyl (C=O) groups is 2. The number of esters is 2. The summed E-state index contributed by atoms with van der Waals surface area (Å²) in [6.45, 7) is 3.33. The van der Waals surface area contributed by atoms with Crippen LogP contribution in [0.3, 0.4) is 0 Å². The van der Waals surface area contributed by atoms with Gasteiger partial charge in [-0.15, -0.1) is 0 Å². The van der Waals surface area contributed by atoms with Gasteiger partial charge in [-0.05, 0) is 48.2 Å². The molecule has 2 rings (SSSR count). The van der Waals surface area contributed by atoms with Gasteiger partial charge in [-0.1, -0.05) is 70.0 Å². The molecule has 0 saturated heterocycles. The Labute approximate surface area is 209 Å². The van der Waals surface area contributed by atoms with Crippen LogP contribution in [0.25, 0.3) is 11.1 Å². The van der Waals surface area contributed by atoms with Gasteiger partial charge >= 0.3 is 11.9 Å². The molecular formula is C25H20Br2N2O4. The highest BCUT2D eigenvalue weighted by molar-refractivity contribution is 9.10. The minimum absolute atomic E-state index is 0.114. The van der Waals surface area contributed by atoms with Gasteiger partial charge in [-0.3, -0.25) is 9.59 Å². The quantitative estimate of drug-likeness (QED) is 0.154. The maximum atomic E-state index is 12.9. The van der Waals surface area contributed by atoms with Gasteiger partial charge in [0.25, 0.3) is 0 Å². The molecule has 2 aromatic carbocycles. The van der Waals surface area contributed by atoms with E-state index in [4.69, 9.17) is 9.47 Å². The number of rotatable bonds is 8. The number of nitrogens with zero attached hydrogens (tertiary/aromatic N) is 2. The number of carbonyl (C=O) groups excluding carboxylic acids is 2. The topological polar surface area (TPSA) is 100 Å². The van der Waals surface area contributed by atoms with Crippen LogP contribution in [0.4, 0.5) is 0 Å². The van der Waals surface area contributed by atoms with Crippen LogP contribution < -0.4 is 0 Å². The first-order chi connectivity index (χ1) is 15.8. The maximum Gasteiger partial charge on any atom is 0.328 e. The molecule has 0 heterocycles. The number of ether oxygens (including phenoxy) is 2. The molecule has 2 aromatic rings. The molecule has 0 N–H and O–H groups in total. The van der Waals surface area contributed by atoms with Crippen LogP contribution in [-0.4, -0.2) is 11.9 Å². The van der Waals surface area contributed by atoms with Gasteiger partial charge in [-0.2, -0.15) is 10.5 Å². The lowest BCUT2D eigenvalue weighted by molar-refractivity contribution is -0.166. The van der Waals surface area contributed by atoms with Crippen LogP contribution >= 0.6 is 31.9 Å². The Bertz CT molecular complexity index is 1060. The predicted molar refractivity (Wildman–Crippen MR) is 131 cm³/mol. The van der Waals surface area contributed by atoms with Crippen molar-refractivity contribution in [2.45, 2.75) is 26.7 Å². The largest absolute Gasteiger partial charge is 0.432 e. The Morgan fingerprint density at radius 2 is 1.12 bits per heavy atom. The molecule has 0 atom stereocenters. The first-order valence-corrected chi connectivity index (χ1v) is 11.5. The van der Waals surface area contributed by atoms with Gasteiger partial charge in [-0.25, -0.2) is 0 Å². The predicted octanol–water partition coefficient (Wildman–Crippen LogP) is 6.53. The van der Waals surface area contributed by atoms with Crippen LogP contribution in [0.1, 0.15) is 37.8 Å². The molecule has 0 bridgehead atoms. The molecule has 0 radical (unpaired) electrons. The molecular weight excluding hydrogens is 552 g/mol. The summed E-state index contributed by atoms with van der Waals surface area (Å²) < 4.78 is 12.2. The average molecular weight is 572 g/mol. The molecule has 33 heavy (non-hydrogen) atoms. The number of halogens is 2. The first kappa shape index (κ1) is 26.1. The van der Waals surface area contributed by atoms with Crippen molar-refractivity contribution in [2.24, 2.45) is 5.41 Å². The van der Waals surface area contributed by atoms with Crippen LogP contribution in [-0.2, 0) is 19.1 Å². The van der Waals surface area contributed by atoms with Crippen LogP contribution in [0.15, 0.2) is 70.0 Å². The van der Waals surface area contributed by atoms with Crippen molar-refractivity contribution < 1.29 is 19.1 Å². The van der Waals surface area contributed by atoms with E-state index in [0.717, 1.165) is 21.5 Å². The zero-order valence-electron chi connectivity index (χ0n) is 18.0. The molecule has 0 fully saturated rings. The number of nitriles is 2. The summed E-state index contributed by atoms with van der Waals surface area (Å²) >= 11 is 6.64. The van der Waals surface area contributed by atoms with E-state index in [1.807, 2.05) is 12.1 Å². The van der Waals surface area contributed by atoms with E-state index in [-0.39, 0.29) is 24.0 Å². The molecule has 0 aliphatic carbocycles. The SMILES string of the molecule is CCC(CC)(C(=O)OC=C(C#N)c1ccc(Br)cc1)C(=O)OC=C(C#N)c1ccc(Br)cc1. The van der Waals surface area contributed by atoms with E-state index in [9.17, 15) is 20.1 Å². The summed E-state index contributed by atoms with van der Waals surface area (Å²) in [7, 11) is 0. The molecule has 0 amide bonds. The zero-order valence-corrected chi connectivity index (χ0v) is 21.1. The number of benzene rings is 2. The first-order valence-electron chi connectivity index (χ1n) is 9.95. The van der Waals surface area contributed by atoms with Crippen molar-refractivity contribution in [2.75, 3.05) is 0 Å². The van der Waals surface area contributed by atoms with E-state index >= 15 is 0 Å². The molecule has 0 aliphatic rings. The van der Waals surface area contributed by atoms with E-state index < -0.39 is 17.4 Å². The van der Waals surface area contributed by atoms with Crippen molar-refractivity contribution in [1.29, 1.82) is 10.5 Å². The van der Waals surface area contributed by atoms with E-state index in [1.165, 1.54) is 0 Å². The summed E-state index contributed by atoms with van der Waals surface area (Å²) in [5.41, 5.74) is -0.205. The third kappa shape index (κ3) is 6.41. The monoisotopic (exact) mass is 570 g/mol. The normalized spacial score (nSPS) is 11.8. The molecule has 0 aliphatic heterocycles. The second kappa shape index (κ2) is 12.2. The summed E-state index contributed by atoms with van der Waals surface area (Å²) in [6.07, 6.45) is 2.31. The Kier molecular flexibility index (Phi) is 9.59. The van der Waals surface area contributed by atoms with E-state index in [2.05, 4.69) is 31.9 Å². The third-order valence-corrected chi connectivity index (χ3v) is 6.16. The lowest BCUT2D eigenvalue weighted by Gasteiger charge is -2.25. The van der Waals surface area contributed by atoms with Gasteiger partial charge in [0.1, 0.15) is 24.7 Å². The van der Waals surface area contributed by atoms with Crippen molar-refractivity contribution >= 4 is 54.9 Å². The average Bonchev–Trinajstić information content (AvgIpc) is 2.83. The number of hydrogen-bond acceptors (Lipinski definition) is 6. The summed E-state index contributed by atoms with van der Waals surface area (Å²) in [6, 6.07) is 17.8. The number of allylic oxidation sites excluding steroid dienone is 2. The second-order valence-corrected chi connectivity index (χ2v) is 8.73. The van der Waals surface area contributed by atoms with Crippen LogP contribution in [0, 0.1) is 28.1 Å². The standard InChI is InChI=1S/C25H20Br2N2O4/c1-3-25(4-2,23(30)32-15-19(13-28)17-5-9-21(26)10-6-17)24(31)33-16-20(14-29)18-7-11-22(27)12-8-18/h5-12,15-16H,3-4H2,1-2H3. The Hall–Kier alpha value is -3.20. The smallest absolute Gasteiger partial charge is 0.328 e. The van der Waals surface area contributed by atoms with Crippen molar-refractivity contribution in [3.63, 3.8) is 0 Å². The van der Waals surface area contributed by atoms with Crippen molar-refractivity contribution in [3.05, 3.63) is 81.1 Å². The summed E-state index contributed by atoms with van der Waals surface area (Å²) in [5.74, 6) is -1.67. The third-order valence-electron chi connectivity index (χ3n) is 5.11. The minimum atomic E-state index is -1.59. The van der Waals surface area contributed by atoms with Crippen LogP contribution in [0.2, 0.25) is 0 Å². The fourth-order valence-electron chi connectivity index (χ4n) is 2.94. The van der Waals surface area contributed by atoms with E-state index in [1.54, 1.807) is 62.4 Å². The van der Waals surface area contributed by atoms with Crippen molar-refractivity contribution in [3.8, 4) is 12.1 Å². The highest BCUT2D eigenvalue weighted by Crippen LogP contribution is 2.31. The molecule has 8 heteroatoms. The Morgan fingerprint density at radius 3 is 1.39 bits per heavy atom. The fourth-order valence-corrected chi connectivity index (χ4v) is 3.47. The maximum absolute atomic E-state index is 12.9. The molecule has 6 nitrogen and oxygen atoms in total. The highest BCUT2D eigenvalue weighted by atomic mass is 79.9. The summed E-state index contributed by atoms with van der Waals surface area (Å²) in [5, 5.41) is 18.9. The van der Waals surface area contributed by atoms with Gasteiger partial charge < -0.3 is 9.47 Å². The molecule has 0 aromatic heterocycles. The number of hydrogen-bond donors (Lipinski definition) is 0. The van der Waals surface area contributed by atoms with Gasteiger partial charge in [0, 0.05) is 8.95 Å². The lowest BCUT2D eigenvalue weighted by atomic mass is 9.82. The van der Waals surface area contributed by atoms with Crippen molar-refractivity contribution in [1.82, 2.24) is 0 Å². The van der Waals surface area contributed by atoms with Gasteiger partial charge in [0.05, 0.1) is 11.1 Å². The molecule has 0 unspecified atom stereocenters. The molecule has 0 spiro atoms. The lowest BCUT2D eigenvalue weighted by Crippen LogP contribution is -2.40. The molecule has 0 saturated carbocycles. The van der Waals surface area contributed by atoms with Gasteiger partial charge in [0.15, 0.2) is 5.41 Å². The summed E-state index contributed by atoms with van der Waals surface area (Å²) in [4.78, 5) is 25.8.